The Morgan fingerprint density at radius 1 is 1.38 bits per heavy atom. The lowest BCUT2D eigenvalue weighted by Gasteiger charge is -2.29. The van der Waals surface area contributed by atoms with E-state index in [2.05, 4.69) is 20.6 Å². The molecule has 0 radical (unpaired) electrons. The summed E-state index contributed by atoms with van der Waals surface area (Å²) < 4.78 is 6.90. The molecule has 2 atom stereocenters. The highest BCUT2D eigenvalue weighted by Crippen LogP contribution is 2.29. The van der Waals surface area contributed by atoms with Crippen molar-refractivity contribution in [3.8, 4) is 11.1 Å². The molecule has 4 N–H and O–H groups in total. The third-order valence-corrected chi connectivity index (χ3v) is 4.63. The van der Waals surface area contributed by atoms with Gasteiger partial charge in [-0.1, -0.05) is 0 Å². The average molecular weight is 327 g/mol. The Kier molecular flexibility index (Phi) is 3.91. The van der Waals surface area contributed by atoms with E-state index in [1.54, 1.807) is 24.0 Å². The summed E-state index contributed by atoms with van der Waals surface area (Å²) in [6.45, 7) is 1.63. The van der Waals surface area contributed by atoms with E-state index in [0.29, 0.717) is 17.8 Å². The molecule has 126 valence electrons. The van der Waals surface area contributed by atoms with Gasteiger partial charge in [0, 0.05) is 49.0 Å². The van der Waals surface area contributed by atoms with Crippen LogP contribution in [0.4, 0.5) is 5.82 Å². The molecule has 0 saturated carbocycles. The minimum absolute atomic E-state index is 0.345. The number of nitrogens with zero attached hydrogens (tertiary/aromatic N) is 4. The maximum absolute atomic E-state index is 6.20. The molecule has 3 aromatic rings. The van der Waals surface area contributed by atoms with Crippen LogP contribution in [0.25, 0.3) is 16.8 Å². The summed E-state index contributed by atoms with van der Waals surface area (Å²) in [5.41, 5.74) is 9.86. The lowest BCUT2D eigenvalue weighted by Crippen LogP contribution is -2.40. The number of nitrogens with one attached hydrogen (secondary N) is 2. The summed E-state index contributed by atoms with van der Waals surface area (Å²) in [5, 5.41) is 14.7. The number of aromatic amines is 1. The summed E-state index contributed by atoms with van der Waals surface area (Å²) in [5.74, 6) is 0.946. The molecule has 0 aromatic carbocycles. The number of H-pyrrole nitrogens is 1. The molecule has 0 unspecified atom stereocenters. The van der Waals surface area contributed by atoms with Crippen LogP contribution in [0.2, 0.25) is 0 Å². The quantitative estimate of drug-likeness (QED) is 0.664. The molecule has 0 spiro atoms. The highest BCUT2D eigenvalue weighted by molar-refractivity contribution is 5.77. The van der Waals surface area contributed by atoms with Crippen molar-refractivity contribution >= 4 is 11.5 Å². The van der Waals surface area contributed by atoms with Gasteiger partial charge in [-0.15, -0.1) is 0 Å². The molecule has 1 fully saturated rings. The van der Waals surface area contributed by atoms with Gasteiger partial charge in [0.2, 0.25) is 0 Å². The number of nitrogens with two attached hydrogens (primary N) is 1. The predicted octanol–water partition coefficient (Wildman–Crippen LogP) is 1.18. The van der Waals surface area contributed by atoms with Gasteiger partial charge >= 0.3 is 0 Å². The van der Waals surface area contributed by atoms with E-state index in [9.17, 15) is 0 Å². The summed E-state index contributed by atoms with van der Waals surface area (Å²) in [6.07, 6.45) is 7.51. The average Bonchev–Trinajstić information content (AvgIpc) is 3.25. The fourth-order valence-electron chi connectivity index (χ4n) is 3.33. The molecule has 0 amide bonds. The number of nitrogen functional groups attached to an aromatic ring is 1. The van der Waals surface area contributed by atoms with Crippen LogP contribution in [0.15, 0.2) is 24.7 Å². The Morgan fingerprint density at radius 2 is 2.29 bits per heavy atom. The highest BCUT2D eigenvalue weighted by atomic mass is 16.5. The van der Waals surface area contributed by atoms with Crippen LogP contribution in [0.5, 0.6) is 0 Å². The molecule has 1 aliphatic heterocycles. The van der Waals surface area contributed by atoms with E-state index < -0.39 is 0 Å². The van der Waals surface area contributed by atoms with Gasteiger partial charge in [-0.25, -0.2) is 4.98 Å². The largest absolute Gasteiger partial charge is 0.384 e. The van der Waals surface area contributed by atoms with Gasteiger partial charge in [-0.05, 0) is 12.8 Å². The molecule has 4 heterocycles. The number of hydrogen-bond donors (Lipinski definition) is 3. The fourth-order valence-corrected chi connectivity index (χ4v) is 3.33. The maximum Gasteiger partial charge on any atom is 0.165 e. The van der Waals surface area contributed by atoms with Crippen molar-refractivity contribution in [1.82, 2.24) is 30.1 Å². The second-order valence-corrected chi connectivity index (χ2v) is 6.22. The Bertz CT molecular complexity index is 818. The Morgan fingerprint density at radius 3 is 3.00 bits per heavy atom. The topological polar surface area (TPSA) is 106 Å². The van der Waals surface area contributed by atoms with Gasteiger partial charge < -0.3 is 15.8 Å². The number of ether oxygens (including phenoxy) is 1. The zero-order valence-corrected chi connectivity index (χ0v) is 13.6. The maximum atomic E-state index is 6.20. The minimum atomic E-state index is 0.345. The molecular formula is C16H21N7O. The first kappa shape index (κ1) is 15.1. The monoisotopic (exact) mass is 327 g/mol. The van der Waals surface area contributed by atoms with Gasteiger partial charge in [0.25, 0.3) is 0 Å². The van der Waals surface area contributed by atoms with Crippen LogP contribution in [-0.4, -0.2) is 51.1 Å². The summed E-state index contributed by atoms with van der Waals surface area (Å²) in [6, 6.07) is 2.35. The molecule has 4 rings (SSSR count). The van der Waals surface area contributed by atoms with Crippen molar-refractivity contribution in [1.29, 1.82) is 0 Å². The molecule has 3 aromatic heterocycles. The molecule has 8 heteroatoms. The van der Waals surface area contributed by atoms with Crippen molar-refractivity contribution in [2.75, 3.05) is 26.0 Å². The lowest BCUT2D eigenvalue weighted by atomic mass is 9.92. The number of methoxy groups -OCH3 is 1. The molecule has 0 bridgehead atoms. The van der Waals surface area contributed by atoms with E-state index in [-0.39, 0.29) is 0 Å². The van der Waals surface area contributed by atoms with E-state index in [1.807, 2.05) is 12.3 Å². The lowest BCUT2D eigenvalue weighted by molar-refractivity contribution is 0.150. The van der Waals surface area contributed by atoms with E-state index in [0.717, 1.165) is 48.5 Å². The van der Waals surface area contributed by atoms with Crippen molar-refractivity contribution in [2.45, 2.75) is 24.8 Å². The molecule has 8 nitrogen and oxygen atoms in total. The van der Waals surface area contributed by atoms with Gasteiger partial charge in [0.05, 0.1) is 24.7 Å². The Hall–Kier alpha value is -2.45. The van der Waals surface area contributed by atoms with Crippen molar-refractivity contribution in [3.05, 3.63) is 30.4 Å². The normalized spacial score (nSPS) is 21.4. The van der Waals surface area contributed by atoms with Crippen LogP contribution in [0.1, 0.15) is 24.5 Å². The van der Waals surface area contributed by atoms with E-state index >= 15 is 0 Å². The van der Waals surface area contributed by atoms with E-state index in [1.165, 1.54) is 0 Å². The number of fused-ring (bicyclic) bond motifs is 1. The summed E-state index contributed by atoms with van der Waals surface area (Å²) in [7, 11) is 1.74. The van der Waals surface area contributed by atoms with Crippen LogP contribution < -0.4 is 11.1 Å². The van der Waals surface area contributed by atoms with Crippen LogP contribution >= 0.6 is 0 Å². The molecule has 24 heavy (non-hydrogen) atoms. The van der Waals surface area contributed by atoms with Gasteiger partial charge in [0.15, 0.2) is 5.65 Å². The molecular weight excluding hydrogens is 306 g/mol. The second-order valence-electron chi connectivity index (χ2n) is 6.22. The number of hydrogen-bond acceptors (Lipinski definition) is 6. The minimum Gasteiger partial charge on any atom is -0.384 e. The predicted molar refractivity (Wildman–Crippen MR) is 90.6 cm³/mol. The van der Waals surface area contributed by atoms with Crippen LogP contribution in [0, 0.1) is 0 Å². The SMILES string of the molecule is COC[C@@H]1CC[C@H](c2cc(N)n3ncc(-c4cn[nH]c4)c3n2)CN1. The second kappa shape index (κ2) is 6.21. The standard InChI is InChI=1S/C16H21N7O/c1-24-9-12-3-2-10(5-18-12)14-4-15(17)23-16(22-14)13(8-21-23)11-6-19-20-7-11/h4,6-8,10,12,18H,2-3,5,9,17H2,1H3,(H,19,20)/t10-,12-/m0/s1. The van der Waals surface area contributed by atoms with Crippen LogP contribution in [0.3, 0.4) is 0 Å². The zero-order chi connectivity index (χ0) is 16.5. The molecule has 1 saturated heterocycles. The highest BCUT2D eigenvalue weighted by Gasteiger charge is 2.24. The first-order valence-electron chi connectivity index (χ1n) is 8.12. The van der Waals surface area contributed by atoms with Crippen molar-refractivity contribution in [2.24, 2.45) is 0 Å². The number of aromatic nitrogens is 5. The number of anilines is 1. The molecule has 1 aliphatic rings. The first-order valence-corrected chi connectivity index (χ1v) is 8.12. The molecule has 0 aliphatic carbocycles. The smallest absolute Gasteiger partial charge is 0.165 e. The van der Waals surface area contributed by atoms with E-state index in [4.69, 9.17) is 15.5 Å². The zero-order valence-electron chi connectivity index (χ0n) is 13.6. The van der Waals surface area contributed by atoms with Crippen molar-refractivity contribution in [3.63, 3.8) is 0 Å². The summed E-state index contributed by atoms with van der Waals surface area (Å²) >= 11 is 0. The summed E-state index contributed by atoms with van der Waals surface area (Å²) in [4.78, 5) is 4.85. The van der Waals surface area contributed by atoms with Crippen LogP contribution in [-0.2, 0) is 4.74 Å². The van der Waals surface area contributed by atoms with Crippen molar-refractivity contribution < 1.29 is 4.74 Å². The third kappa shape index (κ3) is 2.63. The first-order chi connectivity index (χ1) is 11.8. The van der Waals surface area contributed by atoms with Gasteiger partial charge in [0.1, 0.15) is 5.82 Å². The number of rotatable bonds is 4. The Balaban J connectivity index is 1.66. The van der Waals surface area contributed by atoms with Gasteiger partial charge in [-0.3, -0.25) is 5.10 Å². The van der Waals surface area contributed by atoms with Gasteiger partial charge in [-0.2, -0.15) is 14.7 Å². The number of piperidine rings is 1. The third-order valence-electron chi connectivity index (χ3n) is 4.63. The Labute approximate surface area is 139 Å². The fraction of sp³-hybridized carbons (Fsp3) is 0.438.